The minimum Gasteiger partial charge on any atom is -1.00 e. The van der Waals surface area contributed by atoms with Crippen molar-refractivity contribution in [2.75, 3.05) is 11.4 Å². The number of carbonyl (C=O) groups excluding carboxylic acids is 1. The molecule has 1 amide bonds. The first-order valence-electron chi connectivity index (χ1n) is 6.47. The molecule has 0 radical (unpaired) electrons. The number of hydrogen-bond acceptors (Lipinski definition) is 2. The van der Waals surface area contributed by atoms with Crippen molar-refractivity contribution in [2.45, 2.75) is 26.7 Å². The van der Waals surface area contributed by atoms with E-state index in [-0.39, 0.29) is 18.3 Å². The van der Waals surface area contributed by atoms with Crippen LogP contribution in [0.5, 0.6) is 0 Å². The molecule has 1 aliphatic heterocycles. The van der Waals surface area contributed by atoms with E-state index in [2.05, 4.69) is 29.9 Å². The number of anilines is 1. The van der Waals surface area contributed by atoms with Crippen LogP contribution in [0.3, 0.4) is 0 Å². The van der Waals surface area contributed by atoms with Gasteiger partial charge in [-0.05, 0) is 13.0 Å². The largest absolute Gasteiger partial charge is 1.00 e. The molecular weight excluding hydrogens is 292 g/mol. The van der Waals surface area contributed by atoms with Crippen LogP contribution in [-0.2, 0) is 4.79 Å². The monoisotopic (exact) mass is 308 g/mol. The number of thiazole rings is 1. The molecule has 0 N–H and O–H groups in total. The van der Waals surface area contributed by atoms with E-state index in [0.29, 0.717) is 5.92 Å². The molecule has 0 bridgehead atoms. The summed E-state index contributed by atoms with van der Waals surface area (Å²) in [6.07, 6.45) is 0. The Labute approximate surface area is 129 Å². The molecule has 2 aromatic rings. The molecule has 0 saturated heterocycles. The van der Waals surface area contributed by atoms with Gasteiger partial charge in [-0.1, -0.05) is 23.5 Å². The summed E-state index contributed by atoms with van der Waals surface area (Å²) in [5.41, 5.74) is 3.34. The normalized spacial score (nSPS) is 16.8. The fourth-order valence-corrected chi connectivity index (χ4v) is 3.75. The van der Waals surface area contributed by atoms with Gasteiger partial charge in [-0.15, -0.1) is 4.57 Å². The summed E-state index contributed by atoms with van der Waals surface area (Å²) in [6, 6.07) is 8.14. The van der Waals surface area contributed by atoms with Crippen LogP contribution < -0.4 is 21.9 Å². The van der Waals surface area contributed by atoms with E-state index < -0.39 is 0 Å². The molecule has 1 aromatic carbocycles. The Bertz CT molecular complexity index is 653. The first-order chi connectivity index (χ1) is 9.09. The molecule has 3 rings (SSSR count). The summed E-state index contributed by atoms with van der Waals surface area (Å²) in [5.74, 6) is 0.447. The second-order valence-corrected chi connectivity index (χ2v) is 5.96. The van der Waals surface area contributed by atoms with Crippen LogP contribution in [0.2, 0.25) is 0 Å². The molecule has 2 heterocycles. The third-order valence-corrected chi connectivity index (χ3v) is 4.88. The molecule has 0 fully saturated rings. The molecule has 5 heteroatoms. The number of para-hydroxylation sites is 2. The Hall–Kier alpha value is -1.39. The number of nitrogens with zero attached hydrogens (tertiary/aromatic N) is 2. The number of aromatic nitrogens is 1. The topological polar surface area (TPSA) is 24.2 Å². The maximum atomic E-state index is 11.9. The fourth-order valence-electron chi connectivity index (χ4n) is 2.70. The van der Waals surface area contributed by atoms with E-state index in [4.69, 9.17) is 0 Å². The smallest absolute Gasteiger partial charge is 0.248 e. The summed E-state index contributed by atoms with van der Waals surface area (Å²) < 4.78 is 2.29. The molecule has 3 nitrogen and oxygen atoms in total. The first kappa shape index (κ1) is 15.0. The minimum absolute atomic E-state index is 0. The van der Waals surface area contributed by atoms with Crippen LogP contribution in [0.25, 0.3) is 5.69 Å². The predicted octanol–water partition coefficient (Wildman–Crippen LogP) is -0.193. The van der Waals surface area contributed by atoms with Gasteiger partial charge >= 0.3 is 0 Å². The van der Waals surface area contributed by atoms with Crippen molar-refractivity contribution < 1.29 is 21.8 Å². The van der Waals surface area contributed by atoms with Crippen molar-refractivity contribution in [2.24, 2.45) is 0 Å². The van der Waals surface area contributed by atoms with Gasteiger partial charge in [0.25, 0.3) is 0 Å². The molecule has 0 saturated carbocycles. The molecule has 106 valence electrons. The summed E-state index contributed by atoms with van der Waals surface area (Å²) in [7, 11) is 0. The number of halogens is 1. The Morgan fingerprint density at radius 1 is 1.40 bits per heavy atom. The number of rotatable bonds is 0. The van der Waals surface area contributed by atoms with Gasteiger partial charge in [0.15, 0.2) is 5.69 Å². The number of fused-ring (bicyclic) bond motifs is 3. The molecule has 1 aromatic heterocycles. The van der Waals surface area contributed by atoms with Crippen molar-refractivity contribution in [1.82, 2.24) is 0 Å². The zero-order valence-corrected chi connectivity index (χ0v) is 13.3. The minimum atomic E-state index is 0. The SMILES string of the molecule is CC(=O)N1CC(C)c2scc(C)[n+]2-c2ccccc21.[Cl-]. The lowest BCUT2D eigenvalue weighted by molar-refractivity contribution is -0.605. The Morgan fingerprint density at radius 3 is 2.80 bits per heavy atom. The number of carbonyl (C=O) groups is 1. The summed E-state index contributed by atoms with van der Waals surface area (Å²) in [5, 5.41) is 3.50. The van der Waals surface area contributed by atoms with Gasteiger partial charge in [0, 0.05) is 26.5 Å². The van der Waals surface area contributed by atoms with Crippen LogP contribution in [0.15, 0.2) is 29.6 Å². The van der Waals surface area contributed by atoms with Crippen LogP contribution in [-0.4, -0.2) is 12.5 Å². The third-order valence-electron chi connectivity index (χ3n) is 3.59. The quantitative estimate of drug-likeness (QED) is 0.619. The van der Waals surface area contributed by atoms with Crippen LogP contribution in [0.4, 0.5) is 5.69 Å². The molecule has 20 heavy (non-hydrogen) atoms. The predicted molar refractivity (Wildman–Crippen MR) is 77.0 cm³/mol. The summed E-state index contributed by atoms with van der Waals surface area (Å²) in [4.78, 5) is 13.8. The van der Waals surface area contributed by atoms with Gasteiger partial charge in [-0.3, -0.25) is 4.79 Å². The second-order valence-electron chi connectivity index (χ2n) is 5.07. The highest BCUT2D eigenvalue weighted by atomic mass is 35.5. The van der Waals surface area contributed by atoms with E-state index >= 15 is 0 Å². The zero-order chi connectivity index (χ0) is 13.6. The molecule has 1 aliphatic rings. The van der Waals surface area contributed by atoms with E-state index in [9.17, 15) is 4.79 Å². The molecule has 0 aliphatic carbocycles. The highest BCUT2D eigenvalue weighted by molar-refractivity contribution is 7.09. The van der Waals surface area contributed by atoms with Gasteiger partial charge in [-0.25, -0.2) is 0 Å². The van der Waals surface area contributed by atoms with Crippen molar-refractivity contribution in [1.29, 1.82) is 0 Å². The lowest BCUT2D eigenvalue weighted by Gasteiger charge is -2.20. The summed E-state index contributed by atoms with van der Waals surface area (Å²) in [6.45, 7) is 6.68. The molecule has 1 atom stereocenters. The van der Waals surface area contributed by atoms with Gasteiger partial charge in [0.2, 0.25) is 16.6 Å². The van der Waals surface area contributed by atoms with E-state index in [1.165, 1.54) is 10.7 Å². The average Bonchev–Trinajstić information content (AvgIpc) is 2.71. The highest BCUT2D eigenvalue weighted by Gasteiger charge is 2.34. The van der Waals surface area contributed by atoms with Crippen molar-refractivity contribution in [3.05, 3.63) is 40.3 Å². The van der Waals surface area contributed by atoms with Gasteiger partial charge in [0.1, 0.15) is 5.69 Å². The lowest BCUT2D eigenvalue weighted by atomic mass is 10.2. The number of hydrogen-bond donors (Lipinski definition) is 0. The molecule has 0 spiro atoms. The Kier molecular flexibility index (Phi) is 4.16. The second kappa shape index (κ2) is 5.54. The Balaban J connectivity index is 0.00000147. The van der Waals surface area contributed by atoms with Gasteiger partial charge < -0.3 is 17.3 Å². The number of aryl methyl sites for hydroxylation is 1. The Morgan fingerprint density at radius 2 is 2.10 bits per heavy atom. The summed E-state index contributed by atoms with van der Waals surface area (Å²) >= 11 is 1.78. The van der Waals surface area contributed by atoms with E-state index in [0.717, 1.165) is 17.9 Å². The maximum Gasteiger partial charge on any atom is 0.248 e. The molecule has 1 unspecified atom stereocenters. The van der Waals surface area contributed by atoms with Gasteiger partial charge in [0.05, 0.1) is 11.3 Å². The van der Waals surface area contributed by atoms with Crippen molar-refractivity contribution in [3.63, 3.8) is 0 Å². The zero-order valence-electron chi connectivity index (χ0n) is 11.8. The highest BCUT2D eigenvalue weighted by Crippen LogP contribution is 2.31. The van der Waals surface area contributed by atoms with Crippen LogP contribution >= 0.6 is 11.3 Å². The average molecular weight is 309 g/mol. The molecular formula is C15H17ClN2OS. The van der Waals surface area contributed by atoms with Crippen molar-refractivity contribution >= 4 is 22.9 Å². The fraction of sp³-hybridized carbons (Fsp3) is 0.333. The third kappa shape index (κ3) is 2.23. The van der Waals surface area contributed by atoms with Gasteiger partial charge in [-0.2, -0.15) is 0 Å². The first-order valence-corrected chi connectivity index (χ1v) is 7.35. The van der Waals surface area contributed by atoms with Crippen LogP contribution in [0, 0.1) is 6.92 Å². The van der Waals surface area contributed by atoms with Crippen LogP contribution in [0.1, 0.15) is 30.5 Å². The van der Waals surface area contributed by atoms with E-state index in [1.54, 1.807) is 18.3 Å². The standard InChI is InChI=1S/C15H17N2OS.ClH/c1-10-8-16(12(3)18)13-6-4-5-7-14(13)17-11(2)9-19-15(10)17;/h4-7,9-10H,8H2,1-3H3;1H/q+1;/p-1. The lowest BCUT2D eigenvalue weighted by Crippen LogP contribution is -3.00. The van der Waals surface area contributed by atoms with Crippen molar-refractivity contribution in [3.8, 4) is 5.69 Å². The van der Waals surface area contributed by atoms with E-state index in [1.807, 2.05) is 23.1 Å². The number of benzene rings is 1. The number of amides is 1. The maximum absolute atomic E-state index is 11.9.